The van der Waals surface area contributed by atoms with Crippen molar-refractivity contribution in [3.05, 3.63) is 135 Å². The summed E-state index contributed by atoms with van der Waals surface area (Å²) in [5.74, 6) is -3.70. The number of sulfone groups is 1. The predicted molar refractivity (Wildman–Crippen MR) is 211 cm³/mol. The number of nitrogens with zero attached hydrogens (tertiary/aromatic N) is 4. The number of rotatable bonds is 12. The molecule has 6 rings (SSSR count). The van der Waals surface area contributed by atoms with E-state index in [4.69, 9.17) is 5.26 Å². The zero-order chi connectivity index (χ0) is 43.4. The van der Waals surface area contributed by atoms with Gasteiger partial charge in [-0.3, -0.25) is 19.2 Å². The maximum absolute atomic E-state index is 14.9. The molecule has 0 spiro atoms. The molecule has 60 heavy (non-hydrogen) atoms. The summed E-state index contributed by atoms with van der Waals surface area (Å²) in [6, 6.07) is 20.7. The van der Waals surface area contributed by atoms with Gasteiger partial charge in [0.1, 0.15) is 5.82 Å². The Labute approximate surface area is 341 Å². The van der Waals surface area contributed by atoms with Crippen molar-refractivity contribution >= 4 is 44.0 Å². The van der Waals surface area contributed by atoms with Gasteiger partial charge in [-0.05, 0) is 79.4 Å². The van der Waals surface area contributed by atoms with Gasteiger partial charge in [0, 0.05) is 50.1 Å². The van der Waals surface area contributed by atoms with Crippen molar-refractivity contribution in [1.29, 1.82) is 5.26 Å². The molecule has 0 radical (unpaired) electrons. The number of anilines is 1. The molecule has 18 heteroatoms. The minimum atomic E-state index is -4.90. The van der Waals surface area contributed by atoms with Gasteiger partial charge in [-0.1, -0.05) is 36.4 Å². The van der Waals surface area contributed by atoms with E-state index in [2.05, 4.69) is 15.5 Å². The molecule has 1 saturated heterocycles. The highest BCUT2D eigenvalue weighted by atomic mass is 32.2. The third-order valence-electron chi connectivity index (χ3n) is 10.1. The molecular weight excluding hydrogens is 809 g/mol. The Bertz CT molecular complexity index is 2670. The van der Waals surface area contributed by atoms with E-state index >= 15 is 0 Å². The quantitative estimate of drug-likeness (QED) is 0.145. The maximum Gasteiger partial charge on any atom is 0.417 e. The number of aryl methyl sites for hydroxylation is 1. The van der Waals surface area contributed by atoms with Gasteiger partial charge >= 0.3 is 6.18 Å². The van der Waals surface area contributed by atoms with Crippen molar-refractivity contribution in [2.24, 2.45) is 0 Å². The van der Waals surface area contributed by atoms with Crippen LogP contribution < -0.4 is 10.9 Å². The first-order valence-corrected chi connectivity index (χ1v) is 20.3. The molecule has 1 aromatic heterocycles. The first-order valence-electron chi connectivity index (χ1n) is 18.6. The Balaban J connectivity index is 0.974. The number of nitriles is 1. The Kier molecular flexibility index (Phi) is 12.5. The van der Waals surface area contributed by atoms with E-state index < -0.39 is 61.8 Å². The van der Waals surface area contributed by atoms with Gasteiger partial charge in [-0.2, -0.15) is 23.5 Å². The summed E-state index contributed by atoms with van der Waals surface area (Å²) in [4.78, 5) is 54.3. The fraction of sp³-hybridized carbons (Fsp3) is 0.286. The molecule has 0 bridgehead atoms. The van der Waals surface area contributed by atoms with Gasteiger partial charge in [-0.25, -0.2) is 17.9 Å². The zero-order valence-corrected chi connectivity index (χ0v) is 32.9. The van der Waals surface area contributed by atoms with Crippen LogP contribution in [0.1, 0.15) is 58.1 Å². The molecule has 1 aliphatic heterocycles. The minimum absolute atomic E-state index is 0.110. The van der Waals surface area contributed by atoms with Gasteiger partial charge < -0.3 is 20.2 Å². The standard InChI is InChI=1S/C42H38F4N6O7S/c1-41(57,40(56)48-29-13-12-28(24-47)34(23-29)42(44,45)46)25-60(58,59)30-14-9-26(10-15-30)5-4-8-37(53)51-17-19-52(20-18-51)39(55)33-21-27(11-16-35(33)43)22-36-31-6-2-3-7-32(31)38(54)50-49-36/h2-3,6-7,9-16,21,23,57H,4-5,8,17-20,22,25H2,1H3,(H,48,56)(H,50,54). The number of hydrogen-bond acceptors (Lipinski definition) is 9. The molecule has 0 aliphatic carbocycles. The van der Waals surface area contributed by atoms with E-state index in [1.807, 2.05) is 0 Å². The molecular formula is C42H38F4N6O7S. The normalized spacial score (nSPS) is 14.3. The van der Waals surface area contributed by atoms with E-state index in [0.29, 0.717) is 46.5 Å². The number of nitrogens with one attached hydrogen (secondary N) is 2. The summed E-state index contributed by atoms with van der Waals surface area (Å²) in [6.45, 7) is 1.79. The van der Waals surface area contributed by atoms with Crippen molar-refractivity contribution < 1.29 is 45.5 Å². The monoisotopic (exact) mass is 846 g/mol. The molecule has 3 N–H and O–H groups in total. The number of halogens is 4. The van der Waals surface area contributed by atoms with Gasteiger partial charge in [0.05, 0.1) is 44.5 Å². The molecule has 0 saturated carbocycles. The summed E-state index contributed by atoms with van der Waals surface area (Å²) in [5, 5.41) is 29.6. The molecule has 2 heterocycles. The van der Waals surface area contributed by atoms with E-state index in [-0.39, 0.29) is 60.9 Å². The number of amides is 3. The topological polar surface area (TPSA) is 194 Å². The van der Waals surface area contributed by atoms with Gasteiger partial charge in [0.2, 0.25) is 5.91 Å². The van der Waals surface area contributed by atoms with Crippen LogP contribution in [-0.4, -0.2) is 88.8 Å². The molecule has 3 amide bonds. The molecule has 4 aromatic carbocycles. The summed E-state index contributed by atoms with van der Waals surface area (Å²) >= 11 is 0. The van der Waals surface area contributed by atoms with E-state index in [0.717, 1.165) is 19.1 Å². The van der Waals surface area contributed by atoms with E-state index in [1.165, 1.54) is 47.4 Å². The summed E-state index contributed by atoms with van der Waals surface area (Å²) in [5.41, 5.74) is -3.47. The van der Waals surface area contributed by atoms with Crippen LogP contribution in [0.4, 0.5) is 23.2 Å². The molecule has 1 aliphatic rings. The number of aromatic nitrogens is 2. The average Bonchev–Trinajstić information content (AvgIpc) is 3.22. The number of H-pyrrole nitrogens is 1. The Morgan fingerprint density at radius 2 is 1.57 bits per heavy atom. The first kappa shape index (κ1) is 43.1. The molecule has 1 unspecified atom stereocenters. The van der Waals surface area contributed by atoms with Gasteiger partial charge in [-0.15, -0.1) is 0 Å². The van der Waals surface area contributed by atoms with Crippen LogP contribution in [0, 0.1) is 17.1 Å². The molecule has 1 atom stereocenters. The van der Waals surface area contributed by atoms with Gasteiger partial charge in [0.15, 0.2) is 15.4 Å². The molecule has 13 nitrogen and oxygen atoms in total. The molecule has 5 aromatic rings. The number of carbonyl (C=O) groups excluding carboxylic acids is 3. The Hall–Kier alpha value is -6.45. The highest BCUT2D eigenvalue weighted by molar-refractivity contribution is 7.91. The number of fused-ring (bicyclic) bond motifs is 1. The average molecular weight is 847 g/mol. The van der Waals surface area contributed by atoms with Crippen molar-refractivity contribution in [2.45, 2.75) is 49.3 Å². The lowest BCUT2D eigenvalue weighted by atomic mass is 10.0. The van der Waals surface area contributed by atoms with Crippen molar-refractivity contribution in [1.82, 2.24) is 20.0 Å². The fourth-order valence-corrected chi connectivity index (χ4v) is 8.47. The Morgan fingerprint density at radius 1 is 0.917 bits per heavy atom. The number of hydrogen-bond donors (Lipinski definition) is 3. The van der Waals surface area contributed by atoms with E-state index in [1.54, 1.807) is 35.2 Å². The maximum atomic E-state index is 14.9. The summed E-state index contributed by atoms with van der Waals surface area (Å²) in [6.07, 6.45) is -3.66. The van der Waals surface area contributed by atoms with Crippen molar-refractivity contribution in [3.63, 3.8) is 0 Å². The third-order valence-corrected chi connectivity index (χ3v) is 12.1. The smallest absolute Gasteiger partial charge is 0.379 e. The Morgan fingerprint density at radius 3 is 2.23 bits per heavy atom. The van der Waals surface area contributed by atoms with Gasteiger partial charge in [0.25, 0.3) is 17.4 Å². The lowest BCUT2D eigenvalue weighted by Crippen LogP contribution is -2.50. The second-order valence-corrected chi connectivity index (χ2v) is 16.6. The van der Waals surface area contributed by atoms with Crippen LogP contribution in [0.25, 0.3) is 10.8 Å². The largest absolute Gasteiger partial charge is 0.417 e. The zero-order valence-electron chi connectivity index (χ0n) is 32.1. The highest BCUT2D eigenvalue weighted by Gasteiger charge is 2.38. The number of carbonyl (C=O) groups is 3. The first-order chi connectivity index (χ1) is 28.4. The van der Waals surface area contributed by atoms with Crippen LogP contribution in [0.5, 0.6) is 0 Å². The fourth-order valence-electron chi connectivity index (χ4n) is 6.88. The molecule has 1 fully saturated rings. The minimum Gasteiger partial charge on any atom is -0.379 e. The highest BCUT2D eigenvalue weighted by Crippen LogP contribution is 2.34. The predicted octanol–water partition coefficient (Wildman–Crippen LogP) is 5.01. The molecule has 312 valence electrons. The SMILES string of the molecule is CC(O)(CS(=O)(=O)c1ccc(CCCC(=O)N2CCN(C(=O)c3cc(Cc4n[nH]c(=O)c5ccccc45)ccc3F)CC2)cc1)C(=O)Nc1ccc(C#N)c(C(F)(F)F)c1. The van der Waals surface area contributed by atoms with Crippen molar-refractivity contribution in [3.8, 4) is 6.07 Å². The second kappa shape index (κ2) is 17.4. The third kappa shape index (κ3) is 9.87. The van der Waals surface area contributed by atoms with Crippen LogP contribution in [0.2, 0.25) is 0 Å². The van der Waals surface area contributed by atoms with Crippen LogP contribution in [0.15, 0.2) is 94.6 Å². The van der Waals surface area contributed by atoms with Crippen LogP contribution in [-0.2, 0) is 38.4 Å². The number of aromatic amines is 1. The lowest BCUT2D eigenvalue weighted by molar-refractivity contribution is -0.138. The number of aliphatic hydroxyl groups is 1. The van der Waals surface area contributed by atoms with Crippen molar-refractivity contribution in [2.75, 3.05) is 37.2 Å². The lowest BCUT2D eigenvalue weighted by Gasteiger charge is -2.35. The van der Waals surface area contributed by atoms with E-state index in [9.17, 15) is 50.3 Å². The summed E-state index contributed by atoms with van der Waals surface area (Å²) in [7, 11) is -4.27. The number of benzene rings is 4. The number of piperazine rings is 1. The second-order valence-electron chi connectivity index (χ2n) is 14.6. The van der Waals surface area contributed by atoms with Crippen LogP contribution >= 0.6 is 0 Å². The number of alkyl halides is 3. The van der Waals surface area contributed by atoms with Crippen LogP contribution in [0.3, 0.4) is 0 Å². The summed E-state index contributed by atoms with van der Waals surface area (Å²) < 4.78 is 81.2.